The molecule has 1 aliphatic heterocycles. The summed E-state index contributed by atoms with van der Waals surface area (Å²) in [6, 6.07) is 14.5. The normalized spacial score (nSPS) is 17.9. The van der Waals surface area contributed by atoms with E-state index < -0.39 is 17.7 Å². The molecular weight excluding hydrogens is 424 g/mol. The summed E-state index contributed by atoms with van der Waals surface area (Å²) in [4.78, 5) is 32.4. The van der Waals surface area contributed by atoms with Gasteiger partial charge < -0.3 is 5.11 Å². The number of anilines is 1. The minimum Gasteiger partial charge on any atom is -0.507 e. The van der Waals surface area contributed by atoms with Crippen molar-refractivity contribution < 1.29 is 14.7 Å². The molecule has 174 valence electrons. The first-order valence-electron chi connectivity index (χ1n) is 11.4. The van der Waals surface area contributed by atoms with Crippen LogP contribution in [0.2, 0.25) is 0 Å². The summed E-state index contributed by atoms with van der Waals surface area (Å²) in [5.41, 5.74) is 5.67. The Kier molecular flexibility index (Phi) is 5.90. The third kappa shape index (κ3) is 4.14. The van der Waals surface area contributed by atoms with E-state index in [1.807, 2.05) is 57.2 Å². The Morgan fingerprint density at radius 3 is 2.12 bits per heavy atom. The van der Waals surface area contributed by atoms with Crippen LogP contribution in [0.3, 0.4) is 0 Å². The Bertz CT molecular complexity index is 1300. The SMILES string of the molecule is Cc1cc(C)cc(N2C(=O)C(=O)/C(=C(/O)c3cc(C(C)(C)C)ccc3C)C2c2ccncc2)c1. The smallest absolute Gasteiger partial charge is 0.300 e. The standard InChI is InChI=1S/C29H30N2O3/c1-17-13-18(2)15-22(14-17)31-25(20-9-11-30-12-10-20)24(27(33)28(31)34)26(32)23-16-21(29(4,5)6)8-7-19(23)3/h7-16,25,32H,1-6H3/b26-24+. The lowest BCUT2D eigenvalue weighted by Gasteiger charge is -2.26. The van der Waals surface area contributed by atoms with E-state index >= 15 is 0 Å². The van der Waals surface area contributed by atoms with Crippen molar-refractivity contribution in [3.8, 4) is 0 Å². The topological polar surface area (TPSA) is 70.5 Å². The number of amides is 1. The van der Waals surface area contributed by atoms with E-state index in [9.17, 15) is 14.7 Å². The minimum absolute atomic E-state index is 0.0875. The molecule has 4 rings (SSSR count). The van der Waals surface area contributed by atoms with Crippen molar-refractivity contribution in [1.29, 1.82) is 0 Å². The van der Waals surface area contributed by atoms with Gasteiger partial charge in [-0.3, -0.25) is 19.5 Å². The van der Waals surface area contributed by atoms with Gasteiger partial charge in [0.25, 0.3) is 11.7 Å². The number of aromatic nitrogens is 1. The van der Waals surface area contributed by atoms with Gasteiger partial charge in [0.1, 0.15) is 5.76 Å². The van der Waals surface area contributed by atoms with E-state index in [0.29, 0.717) is 16.8 Å². The number of aliphatic hydroxyl groups excluding tert-OH is 1. The molecule has 1 saturated heterocycles. The molecule has 1 unspecified atom stereocenters. The lowest BCUT2D eigenvalue weighted by molar-refractivity contribution is -0.132. The Labute approximate surface area is 200 Å². The highest BCUT2D eigenvalue weighted by Gasteiger charge is 2.47. The number of aryl methyl sites for hydroxylation is 3. The molecule has 1 aromatic heterocycles. The molecule has 0 radical (unpaired) electrons. The van der Waals surface area contributed by atoms with Crippen molar-refractivity contribution in [2.75, 3.05) is 4.90 Å². The molecule has 5 heteroatoms. The number of nitrogens with zero attached hydrogens (tertiary/aromatic N) is 2. The molecule has 34 heavy (non-hydrogen) atoms. The minimum atomic E-state index is -0.762. The average molecular weight is 455 g/mol. The van der Waals surface area contributed by atoms with Crippen LogP contribution in [0.1, 0.15) is 60.2 Å². The van der Waals surface area contributed by atoms with Crippen molar-refractivity contribution in [2.24, 2.45) is 0 Å². The van der Waals surface area contributed by atoms with Crippen LogP contribution in [0, 0.1) is 20.8 Å². The van der Waals surface area contributed by atoms with E-state index in [0.717, 1.165) is 22.3 Å². The first-order chi connectivity index (χ1) is 16.0. The Morgan fingerprint density at radius 1 is 0.912 bits per heavy atom. The number of hydrogen-bond donors (Lipinski definition) is 1. The molecule has 0 aliphatic carbocycles. The second-order valence-electron chi connectivity index (χ2n) is 10.1. The van der Waals surface area contributed by atoms with Crippen LogP contribution in [-0.4, -0.2) is 21.8 Å². The molecule has 2 heterocycles. The van der Waals surface area contributed by atoms with E-state index in [1.54, 1.807) is 24.5 Å². The average Bonchev–Trinajstić information content (AvgIpc) is 3.03. The van der Waals surface area contributed by atoms with E-state index in [-0.39, 0.29) is 16.7 Å². The van der Waals surface area contributed by atoms with Crippen LogP contribution >= 0.6 is 0 Å². The highest BCUT2D eigenvalue weighted by molar-refractivity contribution is 6.51. The fourth-order valence-corrected chi connectivity index (χ4v) is 4.54. The van der Waals surface area contributed by atoms with Crippen LogP contribution in [0.4, 0.5) is 5.69 Å². The van der Waals surface area contributed by atoms with Gasteiger partial charge in [0.2, 0.25) is 0 Å². The molecule has 2 aromatic carbocycles. The third-order valence-electron chi connectivity index (χ3n) is 6.31. The zero-order valence-electron chi connectivity index (χ0n) is 20.5. The van der Waals surface area contributed by atoms with Gasteiger partial charge in [0.05, 0.1) is 11.6 Å². The lowest BCUT2D eigenvalue weighted by atomic mass is 9.84. The van der Waals surface area contributed by atoms with Crippen LogP contribution in [0.25, 0.3) is 5.76 Å². The first-order valence-corrected chi connectivity index (χ1v) is 11.4. The summed E-state index contributed by atoms with van der Waals surface area (Å²) in [7, 11) is 0. The number of pyridine rings is 1. The van der Waals surface area contributed by atoms with Gasteiger partial charge >= 0.3 is 0 Å². The molecule has 1 atom stereocenters. The molecule has 1 fully saturated rings. The number of rotatable bonds is 3. The maximum Gasteiger partial charge on any atom is 0.300 e. The van der Waals surface area contributed by atoms with Crippen molar-refractivity contribution in [2.45, 2.75) is 53.0 Å². The second-order valence-corrected chi connectivity index (χ2v) is 10.1. The van der Waals surface area contributed by atoms with Crippen molar-refractivity contribution in [1.82, 2.24) is 4.98 Å². The molecule has 1 aliphatic rings. The van der Waals surface area contributed by atoms with Crippen LogP contribution in [0.15, 0.2) is 66.5 Å². The fourth-order valence-electron chi connectivity index (χ4n) is 4.54. The monoisotopic (exact) mass is 454 g/mol. The lowest BCUT2D eigenvalue weighted by Crippen LogP contribution is -2.29. The number of ketones is 1. The zero-order chi connectivity index (χ0) is 24.8. The quantitative estimate of drug-likeness (QED) is 0.302. The molecule has 0 saturated carbocycles. The van der Waals surface area contributed by atoms with Crippen molar-refractivity contribution in [3.63, 3.8) is 0 Å². The van der Waals surface area contributed by atoms with Gasteiger partial charge in [-0.25, -0.2) is 0 Å². The van der Waals surface area contributed by atoms with Gasteiger partial charge in [-0.1, -0.05) is 39.0 Å². The van der Waals surface area contributed by atoms with Gasteiger partial charge in [-0.2, -0.15) is 0 Å². The predicted octanol–water partition coefficient (Wildman–Crippen LogP) is 5.93. The summed E-state index contributed by atoms with van der Waals surface area (Å²) in [6.45, 7) is 12.1. The fraction of sp³-hybridized carbons (Fsp3) is 0.276. The van der Waals surface area contributed by atoms with E-state index in [2.05, 4.69) is 25.8 Å². The Morgan fingerprint density at radius 2 is 1.53 bits per heavy atom. The second kappa shape index (κ2) is 8.56. The van der Waals surface area contributed by atoms with Gasteiger partial charge in [0, 0.05) is 23.6 Å². The molecule has 1 N–H and O–H groups in total. The summed E-state index contributed by atoms with van der Waals surface area (Å²) >= 11 is 0. The van der Waals surface area contributed by atoms with Gasteiger partial charge in [-0.05, 0) is 84.3 Å². The summed E-state index contributed by atoms with van der Waals surface area (Å²) in [6.07, 6.45) is 3.25. The number of aliphatic hydroxyl groups is 1. The molecule has 3 aromatic rings. The maximum atomic E-state index is 13.4. The summed E-state index contributed by atoms with van der Waals surface area (Å²) < 4.78 is 0. The van der Waals surface area contributed by atoms with Gasteiger partial charge in [-0.15, -0.1) is 0 Å². The molecule has 0 bridgehead atoms. The number of hydrogen-bond acceptors (Lipinski definition) is 4. The third-order valence-corrected chi connectivity index (χ3v) is 6.31. The largest absolute Gasteiger partial charge is 0.507 e. The van der Waals surface area contributed by atoms with Crippen LogP contribution < -0.4 is 4.90 Å². The maximum absolute atomic E-state index is 13.4. The number of benzene rings is 2. The number of carbonyl (C=O) groups is 2. The van der Waals surface area contributed by atoms with Crippen molar-refractivity contribution in [3.05, 3.63) is 99.9 Å². The van der Waals surface area contributed by atoms with Crippen LogP contribution in [0.5, 0.6) is 0 Å². The molecular formula is C29H30N2O3. The Hall–Kier alpha value is -3.73. The molecule has 5 nitrogen and oxygen atoms in total. The van der Waals surface area contributed by atoms with E-state index in [4.69, 9.17) is 0 Å². The van der Waals surface area contributed by atoms with Crippen LogP contribution in [-0.2, 0) is 15.0 Å². The highest BCUT2D eigenvalue weighted by Crippen LogP contribution is 2.43. The molecule has 0 spiro atoms. The number of Topliss-reactive ketones (excluding diaryl/α,β-unsaturated/α-hetero) is 1. The van der Waals surface area contributed by atoms with Gasteiger partial charge in [0.15, 0.2) is 0 Å². The van der Waals surface area contributed by atoms with E-state index in [1.165, 1.54) is 4.90 Å². The Balaban J connectivity index is 1.99. The summed E-state index contributed by atoms with van der Waals surface area (Å²) in [5.74, 6) is -1.51. The number of carbonyl (C=O) groups excluding carboxylic acids is 2. The van der Waals surface area contributed by atoms with Crippen molar-refractivity contribution >= 4 is 23.1 Å². The molecule has 1 amide bonds. The summed E-state index contributed by atoms with van der Waals surface area (Å²) in [5, 5.41) is 11.5. The highest BCUT2D eigenvalue weighted by atomic mass is 16.3. The first kappa shape index (κ1) is 23.4. The predicted molar refractivity (Wildman–Crippen MR) is 135 cm³/mol. The zero-order valence-corrected chi connectivity index (χ0v) is 20.5.